The van der Waals surface area contributed by atoms with Crippen molar-refractivity contribution < 1.29 is 18.4 Å². The summed E-state index contributed by atoms with van der Waals surface area (Å²) in [5, 5.41) is 10.3. The Morgan fingerprint density at radius 1 is 1.23 bits per heavy atom. The number of amides is 2. The number of nitrogens with zero attached hydrogens (tertiary/aromatic N) is 5. The van der Waals surface area contributed by atoms with Gasteiger partial charge in [0.15, 0.2) is 0 Å². The Morgan fingerprint density at radius 2 is 1.92 bits per heavy atom. The van der Waals surface area contributed by atoms with Crippen molar-refractivity contribution in [3.63, 3.8) is 0 Å². The van der Waals surface area contributed by atoms with Gasteiger partial charge in [0.2, 0.25) is 0 Å². The molecule has 8 nitrogen and oxygen atoms in total. The number of carbonyl (C=O) groups is 2. The maximum absolute atomic E-state index is 12.6. The van der Waals surface area contributed by atoms with Gasteiger partial charge in [-0.2, -0.15) is 19.0 Å². The van der Waals surface area contributed by atoms with Crippen LogP contribution in [0.25, 0.3) is 0 Å². The number of aromatic nitrogens is 4. The molecular weight excluding hydrogens is 346 g/mol. The van der Waals surface area contributed by atoms with Crippen molar-refractivity contribution in [3.05, 3.63) is 29.8 Å². The Labute approximate surface area is 148 Å². The average Bonchev–Trinajstić information content (AvgIpc) is 3.21. The molecule has 0 spiro atoms. The molecule has 1 N–H and O–H groups in total. The lowest BCUT2D eigenvalue weighted by molar-refractivity contribution is -0.144. The van der Waals surface area contributed by atoms with Crippen LogP contribution < -0.4 is 5.32 Å². The van der Waals surface area contributed by atoms with Crippen LogP contribution in [0, 0.1) is 13.8 Å². The van der Waals surface area contributed by atoms with Gasteiger partial charge in [-0.05, 0) is 32.3 Å². The van der Waals surface area contributed by atoms with Crippen LogP contribution in [0.4, 0.5) is 14.5 Å². The summed E-state index contributed by atoms with van der Waals surface area (Å²) in [5.41, 5.74) is 1.40. The Kier molecular flexibility index (Phi) is 5.01. The molecule has 2 amide bonds. The van der Waals surface area contributed by atoms with E-state index < -0.39 is 18.4 Å². The Bertz CT molecular complexity index is 808. The molecule has 3 rings (SSSR count). The van der Waals surface area contributed by atoms with Gasteiger partial charge in [0.05, 0.1) is 29.8 Å². The Balaban J connectivity index is 1.57. The van der Waals surface area contributed by atoms with Gasteiger partial charge in [-0.1, -0.05) is 0 Å². The summed E-state index contributed by atoms with van der Waals surface area (Å²) in [4.78, 5) is 25.9. The van der Waals surface area contributed by atoms with Gasteiger partial charge in [0.25, 0.3) is 0 Å². The number of nitrogens with one attached hydrogen (secondary N) is 1. The summed E-state index contributed by atoms with van der Waals surface area (Å²) >= 11 is 0. The van der Waals surface area contributed by atoms with E-state index in [9.17, 15) is 18.4 Å². The molecule has 0 aliphatic carbocycles. The largest absolute Gasteiger partial charge is 0.334 e. The first-order chi connectivity index (χ1) is 12.3. The van der Waals surface area contributed by atoms with Crippen molar-refractivity contribution >= 4 is 17.5 Å². The van der Waals surface area contributed by atoms with Crippen LogP contribution in [0.15, 0.2) is 18.6 Å². The number of likely N-dealkylation sites (tertiary alicyclic amines) is 1. The van der Waals surface area contributed by atoms with E-state index in [1.54, 1.807) is 6.20 Å². The van der Waals surface area contributed by atoms with Crippen molar-refractivity contribution in [2.45, 2.75) is 39.3 Å². The highest BCUT2D eigenvalue weighted by Crippen LogP contribution is 2.23. The molecule has 2 aromatic heterocycles. The van der Waals surface area contributed by atoms with Gasteiger partial charge in [0, 0.05) is 19.3 Å². The number of anilines is 1. The molecule has 3 heterocycles. The van der Waals surface area contributed by atoms with Crippen molar-refractivity contribution in [2.75, 3.05) is 18.4 Å². The van der Waals surface area contributed by atoms with Crippen LogP contribution in [0.3, 0.4) is 0 Å². The second-order valence-corrected chi connectivity index (χ2v) is 6.36. The first-order valence-corrected chi connectivity index (χ1v) is 8.30. The van der Waals surface area contributed by atoms with E-state index >= 15 is 0 Å². The zero-order chi connectivity index (χ0) is 18.8. The number of hydrogen-bond acceptors (Lipinski definition) is 4. The monoisotopic (exact) mass is 366 g/mol. The number of hydrogen-bond donors (Lipinski definition) is 1. The third-order valence-electron chi connectivity index (χ3n) is 4.42. The molecule has 1 aliphatic rings. The molecule has 1 aliphatic heterocycles. The van der Waals surface area contributed by atoms with Crippen LogP contribution in [0.1, 0.15) is 36.7 Å². The van der Waals surface area contributed by atoms with Gasteiger partial charge < -0.3 is 10.2 Å². The lowest BCUT2D eigenvalue weighted by Crippen LogP contribution is -2.44. The molecule has 0 atom stereocenters. The van der Waals surface area contributed by atoms with Gasteiger partial charge in [-0.3, -0.25) is 14.3 Å². The Morgan fingerprint density at radius 3 is 2.46 bits per heavy atom. The highest BCUT2D eigenvalue weighted by Gasteiger charge is 2.28. The highest BCUT2D eigenvalue weighted by atomic mass is 19.3. The van der Waals surface area contributed by atoms with E-state index in [0.29, 0.717) is 30.6 Å². The van der Waals surface area contributed by atoms with E-state index in [-0.39, 0.29) is 17.4 Å². The topological polar surface area (TPSA) is 85.0 Å². The first-order valence-electron chi connectivity index (χ1n) is 8.30. The molecule has 0 aromatic carbocycles. The quantitative estimate of drug-likeness (QED) is 0.841. The number of rotatable bonds is 3. The van der Waals surface area contributed by atoms with E-state index in [1.807, 2.05) is 17.8 Å². The smallest absolute Gasteiger partial charge is 0.333 e. The normalized spacial score (nSPS) is 15.5. The molecule has 0 bridgehead atoms. The highest BCUT2D eigenvalue weighted by molar-refractivity contribution is 6.39. The predicted octanol–water partition coefficient (Wildman–Crippen LogP) is 1.89. The molecule has 26 heavy (non-hydrogen) atoms. The third kappa shape index (κ3) is 3.73. The zero-order valence-electron chi connectivity index (χ0n) is 14.5. The van der Waals surface area contributed by atoms with Crippen molar-refractivity contribution in [2.24, 2.45) is 0 Å². The fourth-order valence-corrected chi connectivity index (χ4v) is 2.99. The van der Waals surface area contributed by atoms with E-state index in [4.69, 9.17) is 0 Å². The molecule has 0 unspecified atom stereocenters. The van der Waals surface area contributed by atoms with E-state index in [2.05, 4.69) is 15.5 Å². The number of halogens is 2. The lowest BCUT2D eigenvalue weighted by Gasteiger charge is -2.31. The Hall–Kier alpha value is -2.78. The molecule has 1 fully saturated rings. The summed E-state index contributed by atoms with van der Waals surface area (Å²) in [5.74, 6) is -1.53. The van der Waals surface area contributed by atoms with Gasteiger partial charge in [0.1, 0.15) is 0 Å². The van der Waals surface area contributed by atoms with Gasteiger partial charge in [-0.15, -0.1) is 0 Å². The number of alkyl halides is 2. The van der Waals surface area contributed by atoms with Gasteiger partial charge >= 0.3 is 18.4 Å². The minimum Gasteiger partial charge on any atom is -0.334 e. The van der Waals surface area contributed by atoms with Crippen LogP contribution in [-0.2, 0) is 9.59 Å². The first kappa shape index (κ1) is 18.0. The van der Waals surface area contributed by atoms with E-state index in [1.165, 1.54) is 11.8 Å². The summed E-state index contributed by atoms with van der Waals surface area (Å²) in [6.07, 6.45) is 6.15. The predicted molar refractivity (Wildman–Crippen MR) is 88.7 cm³/mol. The third-order valence-corrected chi connectivity index (χ3v) is 4.42. The molecule has 2 aromatic rings. The molecular formula is C16H20F2N6O2. The molecule has 140 valence electrons. The lowest BCUT2D eigenvalue weighted by atomic mass is 10.1. The molecule has 0 saturated carbocycles. The summed E-state index contributed by atoms with van der Waals surface area (Å²) in [6.45, 7) is 1.51. The molecule has 10 heteroatoms. The summed E-state index contributed by atoms with van der Waals surface area (Å²) in [7, 11) is 0. The minimum absolute atomic E-state index is 0.102. The maximum Gasteiger partial charge on any atom is 0.333 e. The second-order valence-electron chi connectivity index (χ2n) is 6.36. The molecule has 0 radical (unpaired) electrons. The van der Waals surface area contributed by atoms with Crippen molar-refractivity contribution in [1.82, 2.24) is 24.5 Å². The van der Waals surface area contributed by atoms with Crippen LogP contribution >= 0.6 is 0 Å². The SMILES string of the molecule is Cc1cnn(C2CCN(C(=O)C(=O)Nc3cn(C(F)F)nc3C)CC2)c1. The van der Waals surface area contributed by atoms with E-state index in [0.717, 1.165) is 11.8 Å². The van der Waals surface area contributed by atoms with Crippen LogP contribution in [0.2, 0.25) is 0 Å². The van der Waals surface area contributed by atoms with Crippen LogP contribution in [-0.4, -0.2) is 49.4 Å². The number of aryl methyl sites for hydroxylation is 2. The second kappa shape index (κ2) is 7.22. The fourth-order valence-electron chi connectivity index (χ4n) is 2.99. The van der Waals surface area contributed by atoms with Crippen molar-refractivity contribution in [1.29, 1.82) is 0 Å². The zero-order valence-corrected chi connectivity index (χ0v) is 14.5. The standard InChI is InChI=1S/C16H20F2N6O2/c1-10-7-19-23(8-10)12-3-5-22(6-4-12)15(26)14(25)20-13-9-24(16(17)18)21-11(13)2/h7-9,12,16H,3-6H2,1-2H3,(H,20,25). The maximum atomic E-state index is 12.6. The summed E-state index contributed by atoms with van der Waals surface area (Å²) in [6, 6.07) is 0.197. The summed E-state index contributed by atoms with van der Waals surface area (Å²) < 4.78 is 27.6. The van der Waals surface area contributed by atoms with Crippen LogP contribution in [0.5, 0.6) is 0 Å². The molecule has 1 saturated heterocycles. The minimum atomic E-state index is -2.81. The number of piperidine rings is 1. The van der Waals surface area contributed by atoms with Gasteiger partial charge in [-0.25, -0.2) is 4.68 Å². The van der Waals surface area contributed by atoms with Crippen molar-refractivity contribution in [3.8, 4) is 0 Å². The number of carbonyl (C=O) groups excluding carboxylic acids is 2. The average molecular weight is 366 g/mol. The fraction of sp³-hybridized carbons (Fsp3) is 0.500.